The van der Waals surface area contributed by atoms with E-state index in [1.54, 1.807) is 0 Å². The normalized spacial score (nSPS) is 12.7. The second-order valence-corrected chi connectivity index (χ2v) is 14.9. The first-order valence-electron chi connectivity index (χ1n) is 18.8. The Morgan fingerprint density at radius 3 is 1.69 bits per heavy atom. The average molecular weight is 704 g/mol. The summed E-state index contributed by atoms with van der Waals surface area (Å²) in [7, 11) is 0. The van der Waals surface area contributed by atoms with E-state index in [0.717, 1.165) is 44.9 Å². The van der Waals surface area contributed by atoms with Crippen molar-refractivity contribution in [3.05, 3.63) is 199 Å². The minimum Gasteiger partial charge on any atom is -0.256 e. The molecule has 3 heteroatoms. The number of pyridine rings is 1. The van der Waals surface area contributed by atoms with E-state index in [1.807, 2.05) is 42.6 Å². The summed E-state index contributed by atoms with van der Waals surface area (Å²) in [6, 6.07) is 64.6. The van der Waals surface area contributed by atoms with Gasteiger partial charge < -0.3 is 0 Å². The van der Waals surface area contributed by atoms with Crippen LogP contribution in [0, 0.1) is 0 Å². The van der Waals surface area contributed by atoms with Gasteiger partial charge in [-0.05, 0) is 85.6 Å². The SMILES string of the molecule is CC1(C)c2cc(-c3cccc(-c4ccc(-c5cc(-c6ccc(-c7ccccc7)nc6)nc(-c6ccccc6)n5)cc4)c3)ccc2-c2ccc3ccccc3c21. The maximum Gasteiger partial charge on any atom is 0.160 e. The van der Waals surface area contributed by atoms with E-state index in [9.17, 15) is 0 Å². The van der Waals surface area contributed by atoms with Gasteiger partial charge in [-0.2, -0.15) is 0 Å². The summed E-state index contributed by atoms with van der Waals surface area (Å²) in [5, 5.41) is 2.64. The maximum atomic E-state index is 5.06. The molecule has 0 atom stereocenters. The lowest BCUT2D eigenvalue weighted by Gasteiger charge is -2.23. The van der Waals surface area contributed by atoms with Crippen LogP contribution in [0.2, 0.25) is 0 Å². The zero-order valence-corrected chi connectivity index (χ0v) is 30.7. The van der Waals surface area contributed by atoms with Crippen LogP contribution in [0.4, 0.5) is 0 Å². The number of nitrogens with zero attached hydrogens (tertiary/aromatic N) is 3. The number of fused-ring (bicyclic) bond motifs is 5. The van der Waals surface area contributed by atoms with Crippen molar-refractivity contribution in [1.82, 2.24) is 15.0 Å². The van der Waals surface area contributed by atoms with Crippen molar-refractivity contribution in [1.29, 1.82) is 0 Å². The third-order valence-electron chi connectivity index (χ3n) is 11.1. The molecular weight excluding hydrogens is 667 g/mol. The highest BCUT2D eigenvalue weighted by Gasteiger charge is 2.37. The molecular formula is C52H37N3. The molecule has 0 spiro atoms. The van der Waals surface area contributed by atoms with Gasteiger partial charge in [0, 0.05) is 33.9 Å². The summed E-state index contributed by atoms with van der Waals surface area (Å²) in [4.78, 5) is 14.9. The zero-order chi connectivity index (χ0) is 36.9. The van der Waals surface area contributed by atoms with Gasteiger partial charge in [-0.15, -0.1) is 0 Å². The molecule has 2 heterocycles. The van der Waals surface area contributed by atoms with Crippen molar-refractivity contribution in [2.45, 2.75) is 19.3 Å². The van der Waals surface area contributed by atoms with E-state index < -0.39 is 0 Å². The molecule has 0 fully saturated rings. The van der Waals surface area contributed by atoms with Gasteiger partial charge in [-0.25, -0.2) is 9.97 Å². The molecule has 55 heavy (non-hydrogen) atoms. The molecule has 0 unspecified atom stereocenters. The minimum absolute atomic E-state index is 0.0989. The molecule has 9 aromatic rings. The summed E-state index contributed by atoms with van der Waals surface area (Å²) in [5.74, 6) is 0.686. The van der Waals surface area contributed by atoms with Crippen LogP contribution in [0.3, 0.4) is 0 Å². The Morgan fingerprint density at radius 1 is 0.382 bits per heavy atom. The fourth-order valence-electron chi connectivity index (χ4n) is 8.28. The number of hydrogen-bond donors (Lipinski definition) is 0. The van der Waals surface area contributed by atoms with E-state index in [-0.39, 0.29) is 5.41 Å². The number of aromatic nitrogens is 3. The highest BCUT2D eigenvalue weighted by atomic mass is 14.9. The van der Waals surface area contributed by atoms with Gasteiger partial charge in [-0.3, -0.25) is 4.98 Å². The molecule has 0 saturated heterocycles. The Morgan fingerprint density at radius 2 is 0.945 bits per heavy atom. The van der Waals surface area contributed by atoms with Crippen molar-refractivity contribution in [2.24, 2.45) is 0 Å². The number of rotatable bonds is 6. The first kappa shape index (κ1) is 32.7. The molecule has 0 aliphatic heterocycles. The van der Waals surface area contributed by atoms with Gasteiger partial charge in [0.05, 0.1) is 17.1 Å². The lowest BCUT2D eigenvalue weighted by molar-refractivity contribution is 0.666. The molecule has 0 N–H and O–H groups in total. The Hall–Kier alpha value is -6.97. The molecule has 0 amide bonds. The molecule has 260 valence electrons. The molecule has 10 rings (SSSR count). The Bertz CT molecular complexity index is 2860. The highest BCUT2D eigenvalue weighted by Crippen LogP contribution is 2.52. The molecule has 3 nitrogen and oxygen atoms in total. The zero-order valence-electron chi connectivity index (χ0n) is 30.7. The average Bonchev–Trinajstić information content (AvgIpc) is 3.49. The van der Waals surface area contributed by atoms with E-state index in [4.69, 9.17) is 15.0 Å². The second-order valence-electron chi connectivity index (χ2n) is 14.9. The molecule has 1 aliphatic rings. The lowest BCUT2D eigenvalue weighted by Crippen LogP contribution is -2.15. The predicted octanol–water partition coefficient (Wildman–Crippen LogP) is 13.3. The van der Waals surface area contributed by atoms with Gasteiger partial charge in [0.25, 0.3) is 0 Å². The van der Waals surface area contributed by atoms with Crippen LogP contribution in [0.15, 0.2) is 188 Å². The van der Waals surface area contributed by atoms with E-state index in [1.165, 1.54) is 49.7 Å². The number of hydrogen-bond acceptors (Lipinski definition) is 3. The van der Waals surface area contributed by atoms with Gasteiger partial charge in [0.1, 0.15) is 0 Å². The fraction of sp³-hybridized carbons (Fsp3) is 0.0577. The minimum atomic E-state index is -0.0989. The molecule has 2 aromatic heterocycles. The molecule has 0 saturated carbocycles. The summed E-state index contributed by atoms with van der Waals surface area (Å²) in [6.07, 6.45) is 1.90. The summed E-state index contributed by atoms with van der Waals surface area (Å²) in [5.41, 5.74) is 16.8. The quantitative estimate of drug-likeness (QED) is 0.173. The Labute approximate surface area is 321 Å². The highest BCUT2D eigenvalue weighted by molar-refractivity contribution is 5.98. The topological polar surface area (TPSA) is 38.7 Å². The fourth-order valence-corrected chi connectivity index (χ4v) is 8.28. The van der Waals surface area contributed by atoms with Crippen molar-refractivity contribution in [2.75, 3.05) is 0 Å². The van der Waals surface area contributed by atoms with E-state index in [0.29, 0.717) is 5.82 Å². The van der Waals surface area contributed by atoms with Crippen LogP contribution in [0.1, 0.15) is 25.0 Å². The van der Waals surface area contributed by atoms with Crippen LogP contribution in [-0.4, -0.2) is 15.0 Å². The van der Waals surface area contributed by atoms with Crippen LogP contribution in [-0.2, 0) is 5.41 Å². The third kappa shape index (κ3) is 5.82. The van der Waals surface area contributed by atoms with Crippen LogP contribution >= 0.6 is 0 Å². The third-order valence-corrected chi connectivity index (χ3v) is 11.1. The Kier molecular flexibility index (Phi) is 7.81. The Balaban J connectivity index is 0.972. The van der Waals surface area contributed by atoms with Crippen molar-refractivity contribution < 1.29 is 0 Å². The van der Waals surface area contributed by atoms with Gasteiger partial charge in [0.15, 0.2) is 5.82 Å². The molecule has 1 aliphatic carbocycles. The van der Waals surface area contributed by atoms with Gasteiger partial charge in [-0.1, -0.05) is 166 Å². The standard InChI is InChI=1S/C52H37N3/c1-52(2)46-31-41(25-27-44(46)45-28-24-35-12-9-10-19-43(35)50(45)52)40-18-11-17-39(30-40)34-20-22-37(23-21-34)48-32-49(55-51(54-48)38-15-7-4-8-16-38)42-26-29-47(53-33-42)36-13-5-3-6-14-36/h3-33H,1-2H3. The van der Waals surface area contributed by atoms with Crippen molar-refractivity contribution in [3.63, 3.8) is 0 Å². The van der Waals surface area contributed by atoms with E-state index >= 15 is 0 Å². The summed E-state index contributed by atoms with van der Waals surface area (Å²) < 4.78 is 0. The maximum absolute atomic E-state index is 5.06. The first-order valence-corrected chi connectivity index (χ1v) is 18.8. The summed E-state index contributed by atoms with van der Waals surface area (Å²) >= 11 is 0. The summed E-state index contributed by atoms with van der Waals surface area (Å²) in [6.45, 7) is 4.74. The van der Waals surface area contributed by atoms with Crippen molar-refractivity contribution in [3.8, 4) is 78.5 Å². The second kappa shape index (κ2) is 13.2. The van der Waals surface area contributed by atoms with Crippen LogP contribution in [0.5, 0.6) is 0 Å². The molecule has 0 bridgehead atoms. The lowest BCUT2D eigenvalue weighted by atomic mass is 9.79. The van der Waals surface area contributed by atoms with Crippen LogP contribution in [0.25, 0.3) is 89.3 Å². The smallest absolute Gasteiger partial charge is 0.160 e. The number of benzene rings is 7. The predicted molar refractivity (Wildman–Crippen MR) is 228 cm³/mol. The van der Waals surface area contributed by atoms with Crippen molar-refractivity contribution >= 4 is 10.8 Å². The van der Waals surface area contributed by atoms with Gasteiger partial charge in [0.2, 0.25) is 0 Å². The molecule has 0 radical (unpaired) electrons. The first-order chi connectivity index (χ1) is 27.0. The van der Waals surface area contributed by atoms with E-state index in [2.05, 4.69) is 159 Å². The molecule has 7 aromatic carbocycles. The monoisotopic (exact) mass is 703 g/mol. The van der Waals surface area contributed by atoms with Gasteiger partial charge >= 0.3 is 0 Å². The largest absolute Gasteiger partial charge is 0.256 e. The van der Waals surface area contributed by atoms with Crippen LogP contribution < -0.4 is 0 Å².